The van der Waals surface area contributed by atoms with Crippen molar-refractivity contribution in [2.24, 2.45) is 0 Å². The van der Waals surface area contributed by atoms with Gasteiger partial charge in [-0.15, -0.1) is 0 Å². The van der Waals surface area contributed by atoms with Crippen LogP contribution in [0.5, 0.6) is 0 Å². The number of carbonyl (C=O) groups excluding carboxylic acids is 1. The molecule has 3 N–H and O–H groups in total. The maximum atomic E-state index is 12.2. The number of aliphatic carboxylic acids is 1. The normalized spacial score (nSPS) is 28.0. The van der Waals surface area contributed by atoms with E-state index in [1.165, 1.54) is 0 Å². The smallest absolute Gasteiger partial charge is 0.317 e. The topological polar surface area (TPSA) is 93.1 Å². The van der Waals surface area contributed by atoms with E-state index < -0.39 is 12.1 Å². The number of nitrogens with one attached hydrogen (secondary N) is 1. The molecule has 2 amide bonds. The molecule has 2 atom stereocenters. The Morgan fingerprint density at radius 1 is 1.05 bits per heavy atom. The van der Waals surface area contributed by atoms with Crippen LogP contribution in [0.2, 0.25) is 0 Å². The summed E-state index contributed by atoms with van der Waals surface area (Å²) in [5, 5.41) is 21.7. The lowest BCUT2D eigenvalue weighted by molar-refractivity contribution is -0.138. The number of carboxylic acid groups (broad SMARTS) is 1. The summed E-state index contributed by atoms with van der Waals surface area (Å²) in [6.07, 6.45) is 4.28. The van der Waals surface area contributed by atoms with Crippen LogP contribution in [0.25, 0.3) is 0 Å². The van der Waals surface area contributed by atoms with Crippen LogP contribution in [-0.2, 0) is 4.79 Å². The average molecular weight is 299 g/mol. The minimum Gasteiger partial charge on any atom is -0.480 e. The number of carbonyl (C=O) groups is 2. The summed E-state index contributed by atoms with van der Waals surface area (Å²) in [4.78, 5) is 26.4. The zero-order valence-corrected chi connectivity index (χ0v) is 12.3. The van der Waals surface area contributed by atoms with E-state index in [-0.39, 0.29) is 18.6 Å². The minimum absolute atomic E-state index is 0.0246. The number of amides is 2. The number of nitrogens with zero attached hydrogens (tertiary/aromatic N) is 2. The number of rotatable bonds is 3. The number of hydrogen-bond donors (Lipinski definition) is 3. The van der Waals surface area contributed by atoms with Crippen molar-refractivity contribution in [1.29, 1.82) is 0 Å². The first kappa shape index (κ1) is 16.0. The second-order valence-corrected chi connectivity index (χ2v) is 5.92. The molecule has 2 fully saturated rings. The Labute approximate surface area is 124 Å². The third-order valence-electron chi connectivity index (χ3n) is 4.31. The predicted octanol–water partition coefficient (Wildman–Crippen LogP) is 0.0918. The molecule has 7 nitrogen and oxygen atoms in total. The molecular weight excluding hydrogens is 274 g/mol. The van der Waals surface area contributed by atoms with Gasteiger partial charge in [0, 0.05) is 26.2 Å². The Kier molecular flexibility index (Phi) is 5.81. The quantitative estimate of drug-likeness (QED) is 0.642. The number of urea groups is 1. The largest absolute Gasteiger partial charge is 0.480 e. The monoisotopic (exact) mass is 299 g/mol. The average Bonchev–Trinajstić information content (AvgIpc) is 2.64. The second kappa shape index (κ2) is 7.61. The van der Waals surface area contributed by atoms with Gasteiger partial charge in [0.05, 0.1) is 18.7 Å². The molecule has 1 aliphatic heterocycles. The molecule has 0 bridgehead atoms. The SMILES string of the molecule is O=C(O)CN1CCN(C(=O)NC2CCCCCC2O)CC1. The summed E-state index contributed by atoms with van der Waals surface area (Å²) >= 11 is 0. The van der Waals surface area contributed by atoms with Crippen molar-refractivity contribution in [2.75, 3.05) is 32.7 Å². The van der Waals surface area contributed by atoms with Crippen LogP contribution in [0, 0.1) is 0 Å². The molecule has 1 aliphatic carbocycles. The maximum absolute atomic E-state index is 12.2. The molecule has 1 saturated carbocycles. The molecule has 0 aromatic carbocycles. The van der Waals surface area contributed by atoms with Gasteiger partial charge in [-0.1, -0.05) is 19.3 Å². The van der Waals surface area contributed by atoms with Crippen LogP contribution in [0.4, 0.5) is 4.79 Å². The number of carboxylic acids is 1. The highest BCUT2D eigenvalue weighted by Gasteiger charge is 2.27. The molecule has 2 aliphatic rings. The Bertz CT molecular complexity index is 369. The standard InChI is InChI=1S/C14H25N3O4/c18-12-5-3-1-2-4-11(12)15-14(21)17-8-6-16(7-9-17)10-13(19)20/h11-12,18H,1-10H2,(H,15,21)(H,19,20). The lowest BCUT2D eigenvalue weighted by atomic mass is 10.1. The van der Waals surface area contributed by atoms with E-state index in [1.54, 1.807) is 4.90 Å². The predicted molar refractivity (Wildman–Crippen MR) is 77.1 cm³/mol. The van der Waals surface area contributed by atoms with Crippen molar-refractivity contribution in [3.05, 3.63) is 0 Å². The highest BCUT2D eigenvalue weighted by molar-refractivity contribution is 5.75. The third kappa shape index (κ3) is 4.86. The molecule has 7 heteroatoms. The van der Waals surface area contributed by atoms with Gasteiger partial charge in [0.15, 0.2) is 0 Å². The fourth-order valence-electron chi connectivity index (χ4n) is 3.01. The lowest BCUT2D eigenvalue weighted by Crippen LogP contribution is -2.55. The highest BCUT2D eigenvalue weighted by atomic mass is 16.4. The molecule has 1 saturated heterocycles. The van der Waals surface area contributed by atoms with E-state index in [0.717, 1.165) is 32.1 Å². The molecule has 2 rings (SSSR count). The van der Waals surface area contributed by atoms with E-state index in [1.807, 2.05) is 4.90 Å². The second-order valence-electron chi connectivity index (χ2n) is 5.92. The fraction of sp³-hybridized carbons (Fsp3) is 0.857. The van der Waals surface area contributed by atoms with Crippen molar-refractivity contribution in [3.8, 4) is 0 Å². The summed E-state index contributed by atoms with van der Waals surface area (Å²) in [7, 11) is 0. The van der Waals surface area contributed by atoms with Crippen LogP contribution >= 0.6 is 0 Å². The zero-order valence-electron chi connectivity index (χ0n) is 12.3. The van der Waals surface area contributed by atoms with Crippen LogP contribution < -0.4 is 5.32 Å². The maximum Gasteiger partial charge on any atom is 0.317 e. The zero-order chi connectivity index (χ0) is 15.2. The number of aliphatic hydroxyl groups excluding tert-OH is 1. The third-order valence-corrected chi connectivity index (χ3v) is 4.31. The van der Waals surface area contributed by atoms with Crippen LogP contribution in [0.15, 0.2) is 0 Å². The van der Waals surface area contributed by atoms with E-state index >= 15 is 0 Å². The molecule has 120 valence electrons. The van der Waals surface area contributed by atoms with E-state index in [9.17, 15) is 14.7 Å². The van der Waals surface area contributed by atoms with Gasteiger partial charge >= 0.3 is 12.0 Å². The van der Waals surface area contributed by atoms with Crippen LogP contribution in [0.3, 0.4) is 0 Å². The van der Waals surface area contributed by atoms with Gasteiger partial charge in [-0.3, -0.25) is 9.69 Å². The minimum atomic E-state index is -0.838. The molecular formula is C14H25N3O4. The van der Waals surface area contributed by atoms with Crippen molar-refractivity contribution >= 4 is 12.0 Å². The summed E-state index contributed by atoms with van der Waals surface area (Å²) in [6.45, 7) is 2.24. The van der Waals surface area contributed by atoms with E-state index in [4.69, 9.17) is 5.11 Å². The van der Waals surface area contributed by atoms with Gasteiger partial charge in [0.1, 0.15) is 0 Å². The highest BCUT2D eigenvalue weighted by Crippen LogP contribution is 2.18. The molecule has 0 aromatic rings. The summed E-state index contributed by atoms with van der Waals surface area (Å²) in [6, 6.07) is -0.298. The van der Waals surface area contributed by atoms with Gasteiger partial charge in [-0.05, 0) is 12.8 Å². The van der Waals surface area contributed by atoms with Crippen molar-refractivity contribution in [1.82, 2.24) is 15.1 Å². The van der Waals surface area contributed by atoms with Crippen molar-refractivity contribution < 1.29 is 19.8 Å². The van der Waals surface area contributed by atoms with Gasteiger partial charge < -0.3 is 20.4 Å². The summed E-state index contributed by atoms with van der Waals surface area (Å²) in [5.41, 5.74) is 0. The van der Waals surface area contributed by atoms with Gasteiger partial charge in [0.2, 0.25) is 0 Å². The van der Waals surface area contributed by atoms with E-state index in [0.29, 0.717) is 26.2 Å². The molecule has 0 aromatic heterocycles. The van der Waals surface area contributed by atoms with Crippen LogP contribution in [0.1, 0.15) is 32.1 Å². The van der Waals surface area contributed by atoms with Gasteiger partial charge in [-0.2, -0.15) is 0 Å². The molecule has 1 heterocycles. The molecule has 21 heavy (non-hydrogen) atoms. The Morgan fingerprint density at radius 2 is 1.71 bits per heavy atom. The van der Waals surface area contributed by atoms with Gasteiger partial charge in [0.25, 0.3) is 0 Å². The van der Waals surface area contributed by atoms with E-state index in [2.05, 4.69) is 5.32 Å². The Balaban J connectivity index is 1.77. The number of aliphatic hydroxyl groups is 1. The van der Waals surface area contributed by atoms with Crippen LogP contribution in [-0.4, -0.2) is 76.9 Å². The Hall–Kier alpha value is -1.34. The Morgan fingerprint density at radius 3 is 2.38 bits per heavy atom. The number of piperazine rings is 1. The summed E-state index contributed by atoms with van der Waals surface area (Å²) in [5.74, 6) is -0.838. The molecule has 0 spiro atoms. The molecule has 0 radical (unpaired) electrons. The first-order chi connectivity index (χ1) is 10.1. The first-order valence-corrected chi connectivity index (χ1v) is 7.74. The van der Waals surface area contributed by atoms with Gasteiger partial charge in [-0.25, -0.2) is 4.79 Å². The first-order valence-electron chi connectivity index (χ1n) is 7.74. The fourth-order valence-corrected chi connectivity index (χ4v) is 3.01. The number of hydrogen-bond acceptors (Lipinski definition) is 4. The van der Waals surface area contributed by atoms with Crippen molar-refractivity contribution in [3.63, 3.8) is 0 Å². The molecule has 2 unspecified atom stereocenters. The van der Waals surface area contributed by atoms with Crippen molar-refractivity contribution in [2.45, 2.75) is 44.2 Å². The lowest BCUT2D eigenvalue weighted by Gasteiger charge is -2.35. The summed E-state index contributed by atoms with van der Waals surface area (Å²) < 4.78 is 0.